The monoisotopic (exact) mass is 226 g/mol. The molecule has 16 heavy (non-hydrogen) atoms. The van der Waals surface area contributed by atoms with Gasteiger partial charge in [0.2, 0.25) is 0 Å². The maximum atomic E-state index is 11.5. The summed E-state index contributed by atoms with van der Waals surface area (Å²) in [7, 11) is 0. The summed E-state index contributed by atoms with van der Waals surface area (Å²) in [6.45, 7) is 1.83. The first kappa shape index (κ1) is 11.9. The average Bonchev–Trinajstić information content (AvgIpc) is 2.21. The lowest BCUT2D eigenvalue weighted by atomic mass is 10.2. The summed E-state index contributed by atoms with van der Waals surface area (Å²) in [4.78, 5) is 34.7. The second kappa shape index (κ2) is 5.06. The van der Waals surface area contributed by atoms with Crippen LogP contribution in [0.3, 0.4) is 0 Å². The van der Waals surface area contributed by atoms with Crippen molar-refractivity contribution >= 4 is 11.7 Å². The number of nitrogens with one attached hydrogen (secondary N) is 1. The van der Waals surface area contributed by atoms with Crippen LogP contribution in [0.25, 0.3) is 0 Å². The van der Waals surface area contributed by atoms with E-state index in [1.807, 2.05) is 0 Å². The smallest absolute Gasteiger partial charge is 0.332 e. The molecule has 0 bridgehead atoms. The van der Waals surface area contributed by atoms with Gasteiger partial charge in [0.1, 0.15) is 0 Å². The molecule has 0 saturated heterocycles. The number of hydrogen-bond acceptors (Lipinski definition) is 5. The Morgan fingerprint density at radius 3 is 2.81 bits per heavy atom. The number of nitrogens with zero attached hydrogens (tertiary/aromatic N) is 1. The molecule has 0 saturated carbocycles. The molecule has 0 aromatic carbocycles. The number of ether oxygens (including phenoxy) is 1. The third-order valence-corrected chi connectivity index (χ3v) is 1.84. The molecule has 7 heteroatoms. The van der Waals surface area contributed by atoms with Gasteiger partial charge in [0, 0.05) is 11.8 Å². The van der Waals surface area contributed by atoms with Crippen molar-refractivity contribution in [3.05, 3.63) is 38.3 Å². The molecule has 86 valence electrons. The summed E-state index contributed by atoms with van der Waals surface area (Å²) >= 11 is 0. The van der Waals surface area contributed by atoms with E-state index in [1.165, 1.54) is 6.20 Å². The maximum absolute atomic E-state index is 11.5. The summed E-state index contributed by atoms with van der Waals surface area (Å²) in [6, 6.07) is 0. The van der Waals surface area contributed by atoms with Crippen LogP contribution in [0.1, 0.15) is 12.5 Å². The van der Waals surface area contributed by atoms with Crippen LogP contribution in [0.2, 0.25) is 0 Å². The summed E-state index contributed by atoms with van der Waals surface area (Å²) in [5.74, 6) is -0.589. The van der Waals surface area contributed by atoms with E-state index in [1.54, 1.807) is 6.92 Å². The Labute approximate surface area is 90.2 Å². The van der Waals surface area contributed by atoms with Gasteiger partial charge in [-0.25, -0.2) is 0 Å². The highest BCUT2D eigenvalue weighted by molar-refractivity contribution is 5.72. The fourth-order valence-corrected chi connectivity index (χ4v) is 1.15. The van der Waals surface area contributed by atoms with Gasteiger partial charge in [-0.2, -0.15) is 0 Å². The molecule has 1 N–H and O–H groups in total. The lowest BCUT2D eigenvalue weighted by Gasteiger charge is -2.00. The fraction of sp³-hybridized carbons (Fsp3) is 0.333. The second-order valence-corrected chi connectivity index (χ2v) is 2.93. The first-order valence-corrected chi connectivity index (χ1v) is 4.56. The van der Waals surface area contributed by atoms with Crippen LogP contribution in [0.15, 0.2) is 17.2 Å². The average molecular weight is 226 g/mol. The molecule has 1 rings (SSSR count). The number of rotatable bonds is 4. The first-order chi connectivity index (χ1) is 7.56. The lowest BCUT2D eigenvalue weighted by Crippen LogP contribution is -2.18. The normalized spacial score (nSPS) is 9.81. The van der Waals surface area contributed by atoms with Crippen molar-refractivity contribution in [2.75, 3.05) is 6.61 Å². The van der Waals surface area contributed by atoms with Gasteiger partial charge in [-0.15, -0.1) is 0 Å². The van der Waals surface area contributed by atoms with Gasteiger partial charge < -0.3 is 9.72 Å². The molecule has 1 heterocycles. The molecule has 0 amide bonds. The summed E-state index contributed by atoms with van der Waals surface area (Å²) in [5.41, 5.74) is -1.33. The molecule has 1 aromatic rings. The zero-order chi connectivity index (χ0) is 12.1. The molecule has 0 aliphatic carbocycles. The molecule has 0 spiro atoms. The van der Waals surface area contributed by atoms with E-state index in [0.29, 0.717) is 0 Å². The molecular weight excluding hydrogens is 216 g/mol. The molecule has 0 atom stereocenters. The predicted molar refractivity (Wildman–Crippen MR) is 54.1 cm³/mol. The summed E-state index contributed by atoms with van der Waals surface area (Å²) < 4.78 is 4.64. The van der Waals surface area contributed by atoms with Crippen molar-refractivity contribution in [2.45, 2.75) is 13.3 Å². The number of esters is 1. The van der Waals surface area contributed by atoms with E-state index in [2.05, 4.69) is 9.72 Å². The Morgan fingerprint density at radius 1 is 1.56 bits per heavy atom. The number of H-pyrrole nitrogens is 1. The molecule has 1 aromatic heterocycles. The minimum Gasteiger partial charge on any atom is -0.466 e. The van der Waals surface area contributed by atoms with Gasteiger partial charge >= 0.3 is 11.7 Å². The van der Waals surface area contributed by atoms with Crippen LogP contribution < -0.4 is 5.43 Å². The minimum absolute atomic E-state index is 0.0210. The number of hydrogen-bond donors (Lipinski definition) is 1. The van der Waals surface area contributed by atoms with E-state index in [4.69, 9.17) is 0 Å². The quantitative estimate of drug-likeness (QED) is 0.454. The third kappa shape index (κ3) is 2.66. The fourth-order valence-electron chi connectivity index (χ4n) is 1.15. The highest BCUT2D eigenvalue weighted by Crippen LogP contribution is 2.03. The van der Waals surface area contributed by atoms with E-state index in [0.717, 1.165) is 6.20 Å². The molecule has 0 aliphatic heterocycles. The van der Waals surface area contributed by atoms with Crippen molar-refractivity contribution in [3.63, 3.8) is 0 Å². The van der Waals surface area contributed by atoms with Crippen molar-refractivity contribution in [1.82, 2.24) is 4.98 Å². The molecule has 7 nitrogen and oxygen atoms in total. The van der Waals surface area contributed by atoms with Crippen LogP contribution in [0.4, 0.5) is 5.69 Å². The predicted octanol–water partition coefficient (Wildman–Crippen LogP) is 0.389. The molecule has 0 unspecified atom stereocenters. The Balaban J connectivity index is 2.98. The number of carbonyl (C=O) groups excluding carboxylic acids is 1. The molecule has 0 radical (unpaired) electrons. The van der Waals surface area contributed by atoms with Crippen molar-refractivity contribution < 1.29 is 14.5 Å². The topological polar surface area (TPSA) is 102 Å². The maximum Gasteiger partial charge on any atom is 0.332 e. The van der Waals surface area contributed by atoms with Gasteiger partial charge in [0.05, 0.1) is 24.1 Å². The van der Waals surface area contributed by atoms with Crippen LogP contribution >= 0.6 is 0 Å². The number of nitro groups is 1. The van der Waals surface area contributed by atoms with Crippen molar-refractivity contribution in [1.29, 1.82) is 0 Å². The lowest BCUT2D eigenvalue weighted by molar-refractivity contribution is -0.386. The second-order valence-electron chi connectivity index (χ2n) is 2.93. The van der Waals surface area contributed by atoms with Crippen LogP contribution in [0.5, 0.6) is 0 Å². The van der Waals surface area contributed by atoms with Crippen LogP contribution in [0, 0.1) is 10.1 Å². The van der Waals surface area contributed by atoms with Crippen molar-refractivity contribution in [2.24, 2.45) is 0 Å². The van der Waals surface area contributed by atoms with E-state index >= 15 is 0 Å². The zero-order valence-electron chi connectivity index (χ0n) is 8.56. The molecular formula is C9H10N2O5. The Hall–Kier alpha value is -2.18. The Kier molecular flexibility index (Phi) is 3.76. The largest absolute Gasteiger partial charge is 0.466 e. The zero-order valence-corrected chi connectivity index (χ0v) is 8.56. The number of carbonyl (C=O) groups is 1. The van der Waals surface area contributed by atoms with Crippen LogP contribution in [-0.4, -0.2) is 22.5 Å². The van der Waals surface area contributed by atoms with Gasteiger partial charge in [0.15, 0.2) is 0 Å². The first-order valence-electron chi connectivity index (χ1n) is 4.56. The van der Waals surface area contributed by atoms with Crippen LogP contribution in [-0.2, 0) is 16.0 Å². The molecule has 0 fully saturated rings. The number of aromatic nitrogens is 1. The van der Waals surface area contributed by atoms with Gasteiger partial charge in [-0.1, -0.05) is 0 Å². The number of aromatic amines is 1. The highest BCUT2D eigenvalue weighted by Gasteiger charge is 2.17. The third-order valence-electron chi connectivity index (χ3n) is 1.84. The standard InChI is InChI=1S/C9H10N2O5/c1-2-16-8(12)3-6-4-10-5-7(9(6)13)11(14)15/h4-5H,2-3H2,1H3,(H,10,13). The SMILES string of the molecule is CCOC(=O)Cc1c[nH]cc([N+](=O)[O-])c1=O. The summed E-state index contributed by atoms with van der Waals surface area (Å²) in [6.07, 6.45) is 1.97. The van der Waals surface area contributed by atoms with Crippen molar-refractivity contribution in [3.8, 4) is 0 Å². The number of pyridine rings is 1. The van der Waals surface area contributed by atoms with Gasteiger partial charge in [0.25, 0.3) is 5.43 Å². The minimum atomic E-state index is -0.798. The summed E-state index contributed by atoms with van der Waals surface area (Å²) in [5, 5.41) is 10.5. The Bertz CT molecular complexity index is 465. The van der Waals surface area contributed by atoms with Gasteiger partial charge in [-0.05, 0) is 6.92 Å². The van der Waals surface area contributed by atoms with E-state index < -0.39 is 22.0 Å². The highest BCUT2D eigenvalue weighted by atomic mass is 16.6. The van der Waals surface area contributed by atoms with E-state index in [9.17, 15) is 19.7 Å². The van der Waals surface area contributed by atoms with Gasteiger partial charge in [-0.3, -0.25) is 19.7 Å². The Morgan fingerprint density at radius 2 is 2.25 bits per heavy atom. The van der Waals surface area contributed by atoms with E-state index in [-0.39, 0.29) is 18.6 Å². The molecule has 0 aliphatic rings.